The molecule has 0 heterocycles. The molecule has 0 aliphatic rings. The molecule has 0 saturated carbocycles. The lowest BCUT2D eigenvalue weighted by Gasteiger charge is -2.10. The molecule has 0 unspecified atom stereocenters. The number of rotatable bonds is 1. The SMILES string of the molecule is Cc1ccc(F)cc1NC(=N)NC(=N)N. The zero-order valence-corrected chi connectivity index (χ0v) is 8.19. The second-order valence-electron chi connectivity index (χ2n) is 3.00. The largest absolute Gasteiger partial charge is 0.370 e. The van der Waals surface area contributed by atoms with Crippen LogP contribution in [0.2, 0.25) is 0 Å². The maximum absolute atomic E-state index is 12.9. The zero-order valence-electron chi connectivity index (χ0n) is 8.19. The van der Waals surface area contributed by atoms with E-state index in [1.54, 1.807) is 13.0 Å². The topological polar surface area (TPSA) is 97.8 Å². The van der Waals surface area contributed by atoms with Gasteiger partial charge in [0.15, 0.2) is 11.9 Å². The van der Waals surface area contributed by atoms with E-state index >= 15 is 0 Å². The molecule has 0 aromatic heterocycles. The monoisotopic (exact) mass is 209 g/mol. The van der Waals surface area contributed by atoms with Crippen LogP contribution in [0.5, 0.6) is 0 Å². The highest BCUT2D eigenvalue weighted by atomic mass is 19.1. The fourth-order valence-electron chi connectivity index (χ4n) is 1.03. The van der Waals surface area contributed by atoms with E-state index < -0.39 is 5.82 Å². The maximum Gasteiger partial charge on any atom is 0.199 e. The summed E-state index contributed by atoms with van der Waals surface area (Å²) in [7, 11) is 0. The van der Waals surface area contributed by atoms with Crippen LogP contribution < -0.4 is 16.4 Å². The van der Waals surface area contributed by atoms with E-state index in [-0.39, 0.29) is 11.9 Å². The average molecular weight is 209 g/mol. The summed E-state index contributed by atoms with van der Waals surface area (Å²) in [6.45, 7) is 1.78. The van der Waals surface area contributed by atoms with Crippen molar-refractivity contribution in [3.8, 4) is 0 Å². The van der Waals surface area contributed by atoms with Crippen molar-refractivity contribution in [1.29, 1.82) is 10.8 Å². The summed E-state index contributed by atoms with van der Waals surface area (Å²) >= 11 is 0. The van der Waals surface area contributed by atoms with Gasteiger partial charge in [0, 0.05) is 5.69 Å². The minimum Gasteiger partial charge on any atom is -0.370 e. The van der Waals surface area contributed by atoms with Crippen LogP contribution in [-0.4, -0.2) is 11.9 Å². The molecule has 6 N–H and O–H groups in total. The number of nitrogens with two attached hydrogens (primary N) is 1. The van der Waals surface area contributed by atoms with E-state index in [1.807, 2.05) is 0 Å². The Bertz CT molecular complexity index is 401. The summed E-state index contributed by atoms with van der Waals surface area (Å²) in [5, 5.41) is 19.1. The van der Waals surface area contributed by atoms with E-state index in [4.69, 9.17) is 16.6 Å². The first-order valence-electron chi connectivity index (χ1n) is 4.22. The van der Waals surface area contributed by atoms with Gasteiger partial charge in [-0.05, 0) is 24.6 Å². The van der Waals surface area contributed by atoms with Crippen LogP contribution in [0.25, 0.3) is 0 Å². The number of anilines is 1. The average Bonchev–Trinajstić information content (AvgIpc) is 2.10. The molecule has 6 heteroatoms. The number of aryl methyl sites for hydroxylation is 1. The van der Waals surface area contributed by atoms with Crippen molar-refractivity contribution in [2.24, 2.45) is 5.73 Å². The first-order valence-corrected chi connectivity index (χ1v) is 4.22. The third kappa shape index (κ3) is 3.26. The molecule has 0 amide bonds. The van der Waals surface area contributed by atoms with Crippen molar-refractivity contribution in [3.05, 3.63) is 29.6 Å². The molecule has 0 atom stereocenters. The van der Waals surface area contributed by atoms with Gasteiger partial charge in [-0.25, -0.2) is 4.39 Å². The lowest BCUT2D eigenvalue weighted by atomic mass is 10.2. The number of nitrogens with one attached hydrogen (secondary N) is 4. The van der Waals surface area contributed by atoms with E-state index in [1.165, 1.54) is 12.1 Å². The molecule has 0 bridgehead atoms. The van der Waals surface area contributed by atoms with Crippen LogP contribution in [0.1, 0.15) is 5.56 Å². The standard InChI is InChI=1S/C9H12FN5/c1-5-2-3-6(10)4-7(5)14-9(13)15-8(11)12/h2-4H,1H3,(H6,11,12,13,14,15). The van der Waals surface area contributed by atoms with Crippen molar-refractivity contribution in [2.45, 2.75) is 6.92 Å². The van der Waals surface area contributed by atoms with E-state index in [0.29, 0.717) is 5.69 Å². The Morgan fingerprint density at radius 1 is 1.40 bits per heavy atom. The highest BCUT2D eigenvalue weighted by Gasteiger charge is 2.02. The summed E-state index contributed by atoms with van der Waals surface area (Å²) in [5.41, 5.74) is 6.30. The fraction of sp³-hybridized carbons (Fsp3) is 0.111. The van der Waals surface area contributed by atoms with Gasteiger partial charge in [0.25, 0.3) is 0 Å². The number of guanidine groups is 2. The van der Waals surface area contributed by atoms with Gasteiger partial charge >= 0.3 is 0 Å². The van der Waals surface area contributed by atoms with Crippen LogP contribution in [0.15, 0.2) is 18.2 Å². The number of hydrogen-bond acceptors (Lipinski definition) is 2. The molecule has 80 valence electrons. The van der Waals surface area contributed by atoms with Gasteiger partial charge in [-0.2, -0.15) is 0 Å². The van der Waals surface area contributed by atoms with Gasteiger partial charge in [-0.1, -0.05) is 6.07 Å². The van der Waals surface area contributed by atoms with Crippen molar-refractivity contribution in [3.63, 3.8) is 0 Å². The Balaban J connectivity index is 2.76. The molecular formula is C9H12FN5. The molecule has 15 heavy (non-hydrogen) atoms. The van der Waals surface area contributed by atoms with Crippen molar-refractivity contribution >= 4 is 17.6 Å². The number of hydrogen-bond donors (Lipinski definition) is 5. The minimum atomic E-state index is -0.390. The Labute approximate surface area is 86.5 Å². The molecule has 1 aromatic rings. The van der Waals surface area contributed by atoms with Gasteiger partial charge < -0.3 is 11.1 Å². The van der Waals surface area contributed by atoms with Crippen LogP contribution in [0, 0.1) is 23.6 Å². The Kier molecular flexibility index (Phi) is 3.22. The molecule has 0 fully saturated rings. The van der Waals surface area contributed by atoms with Crippen LogP contribution in [0.4, 0.5) is 10.1 Å². The van der Waals surface area contributed by atoms with Crippen LogP contribution >= 0.6 is 0 Å². The van der Waals surface area contributed by atoms with Gasteiger partial charge in [-0.3, -0.25) is 16.1 Å². The second-order valence-corrected chi connectivity index (χ2v) is 3.00. The van der Waals surface area contributed by atoms with Crippen molar-refractivity contribution in [1.82, 2.24) is 5.32 Å². The number of benzene rings is 1. The van der Waals surface area contributed by atoms with Crippen LogP contribution in [-0.2, 0) is 0 Å². The molecule has 5 nitrogen and oxygen atoms in total. The van der Waals surface area contributed by atoms with Gasteiger partial charge in [0.1, 0.15) is 5.82 Å². The smallest absolute Gasteiger partial charge is 0.199 e. The quantitative estimate of drug-likeness (QED) is 0.352. The first kappa shape index (κ1) is 11.0. The lowest BCUT2D eigenvalue weighted by molar-refractivity contribution is 0.628. The maximum atomic E-state index is 12.9. The highest BCUT2D eigenvalue weighted by Crippen LogP contribution is 2.15. The van der Waals surface area contributed by atoms with Crippen molar-refractivity contribution in [2.75, 3.05) is 5.32 Å². The second kappa shape index (κ2) is 4.41. The Morgan fingerprint density at radius 3 is 2.67 bits per heavy atom. The van der Waals surface area contributed by atoms with Gasteiger partial charge in [0.2, 0.25) is 0 Å². The number of halogens is 1. The third-order valence-corrected chi connectivity index (χ3v) is 1.72. The Hall–Kier alpha value is -2.11. The third-order valence-electron chi connectivity index (χ3n) is 1.72. The molecule has 0 saturated heterocycles. The summed E-state index contributed by atoms with van der Waals surface area (Å²) in [6, 6.07) is 4.20. The molecule has 1 aromatic carbocycles. The van der Waals surface area contributed by atoms with Gasteiger partial charge in [0.05, 0.1) is 0 Å². The highest BCUT2D eigenvalue weighted by molar-refractivity contribution is 6.02. The summed E-state index contributed by atoms with van der Waals surface area (Å²) in [6.07, 6.45) is 0. The Morgan fingerprint density at radius 2 is 2.07 bits per heavy atom. The molecule has 0 radical (unpaired) electrons. The minimum absolute atomic E-state index is 0.170. The summed E-state index contributed by atoms with van der Waals surface area (Å²) in [5.74, 6) is -0.906. The van der Waals surface area contributed by atoms with Gasteiger partial charge in [-0.15, -0.1) is 0 Å². The summed E-state index contributed by atoms with van der Waals surface area (Å²) < 4.78 is 12.9. The molecule has 0 aliphatic heterocycles. The van der Waals surface area contributed by atoms with Crippen LogP contribution in [0.3, 0.4) is 0 Å². The predicted molar refractivity (Wildman–Crippen MR) is 57.5 cm³/mol. The zero-order chi connectivity index (χ0) is 11.4. The first-order chi connectivity index (χ1) is 6.99. The normalized spacial score (nSPS) is 9.47. The van der Waals surface area contributed by atoms with E-state index in [9.17, 15) is 4.39 Å². The predicted octanol–water partition coefficient (Wildman–Crippen LogP) is 0.964. The molecular weight excluding hydrogens is 197 g/mol. The van der Waals surface area contributed by atoms with E-state index in [0.717, 1.165) is 5.56 Å². The molecule has 0 spiro atoms. The molecule has 0 aliphatic carbocycles. The van der Waals surface area contributed by atoms with Crippen molar-refractivity contribution < 1.29 is 4.39 Å². The lowest BCUT2D eigenvalue weighted by Crippen LogP contribution is -2.39. The summed E-state index contributed by atoms with van der Waals surface area (Å²) in [4.78, 5) is 0. The molecule has 1 rings (SSSR count). The fourth-order valence-corrected chi connectivity index (χ4v) is 1.03. The van der Waals surface area contributed by atoms with E-state index in [2.05, 4.69) is 10.6 Å².